The van der Waals surface area contributed by atoms with E-state index in [9.17, 15) is 5.11 Å². The Morgan fingerprint density at radius 2 is 2.00 bits per heavy atom. The Hall–Kier alpha value is -0.120. The summed E-state index contributed by atoms with van der Waals surface area (Å²) in [5.74, 6) is 0.966. The van der Waals surface area contributed by atoms with E-state index in [0.29, 0.717) is 6.04 Å². The summed E-state index contributed by atoms with van der Waals surface area (Å²) in [4.78, 5) is 2.70. The fourth-order valence-electron chi connectivity index (χ4n) is 2.71. The van der Waals surface area contributed by atoms with Crippen molar-refractivity contribution in [2.45, 2.75) is 63.6 Å². The number of aliphatic hydroxyl groups excluding tert-OH is 1. The minimum absolute atomic E-state index is 0.129. The van der Waals surface area contributed by atoms with Gasteiger partial charge in [0.2, 0.25) is 0 Å². The number of likely N-dealkylation sites (N-methyl/N-ethyl adjacent to an activating group) is 1. The van der Waals surface area contributed by atoms with Gasteiger partial charge < -0.3 is 10.4 Å². The van der Waals surface area contributed by atoms with E-state index in [0.717, 1.165) is 18.4 Å². The third-order valence-corrected chi connectivity index (χ3v) is 4.45. The van der Waals surface area contributed by atoms with Crippen LogP contribution in [-0.2, 0) is 0 Å². The van der Waals surface area contributed by atoms with Crippen LogP contribution in [-0.4, -0.2) is 47.8 Å². The number of rotatable bonds is 8. The summed E-state index contributed by atoms with van der Waals surface area (Å²) in [5.41, 5.74) is -0.129. The molecular formula is C14H28N2O. The van der Waals surface area contributed by atoms with E-state index in [4.69, 9.17) is 0 Å². The molecule has 2 aliphatic rings. The van der Waals surface area contributed by atoms with Crippen molar-refractivity contribution >= 4 is 0 Å². The summed E-state index contributed by atoms with van der Waals surface area (Å²) >= 11 is 0. The lowest BCUT2D eigenvalue weighted by atomic mass is 9.93. The Kier molecular flexibility index (Phi) is 4.11. The van der Waals surface area contributed by atoms with Gasteiger partial charge in [-0.1, -0.05) is 0 Å². The van der Waals surface area contributed by atoms with Gasteiger partial charge in [0.05, 0.1) is 6.61 Å². The highest BCUT2D eigenvalue weighted by Crippen LogP contribution is 2.37. The molecule has 2 saturated carbocycles. The van der Waals surface area contributed by atoms with Crippen molar-refractivity contribution in [3.63, 3.8) is 0 Å². The molecule has 2 atom stereocenters. The van der Waals surface area contributed by atoms with E-state index in [1.807, 2.05) is 7.05 Å². The van der Waals surface area contributed by atoms with Gasteiger partial charge in [-0.15, -0.1) is 0 Å². The lowest BCUT2D eigenvalue weighted by Gasteiger charge is -2.36. The maximum atomic E-state index is 9.48. The minimum Gasteiger partial charge on any atom is -0.394 e. The van der Waals surface area contributed by atoms with Gasteiger partial charge in [0, 0.05) is 24.2 Å². The first-order valence-electron chi connectivity index (χ1n) is 7.13. The molecule has 0 amide bonds. The second-order valence-electron chi connectivity index (χ2n) is 6.39. The lowest BCUT2D eigenvalue weighted by Crippen LogP contribution is -2.50. The normalized spacial score (nSPS) is 25.9. The Morgan fingerprint density at radius 1 is 1.35 bits per heavy atom. The second-order valence-corrected chi connectivity index (χ2v) is 6.39. The molecule has 0 bridgehead atoms. The van der Waals surface area contributed by atoms with E-state index in [1.165, 1.54) is 32.2 Å². The van der Waals surface area contributed by atoms with Crippen molar-refractivity contribution in [1.82, 2.24) is 10.2 Å². The molecule has 0 spiro atoms. The molecule has 2 rings (SSSR count). The molecule has 3 heteroatoms. The molecule has 0 aromatic carbocycles. The summed E-state index contributed by atoms with van der Waals surface area (Å²) in [5, 5.41) is 12.7. The maximum absolute atomic E-state index is 9.48. The molecule has 17 heavy (non-hydrogen) atoms. The van der Waals surface area contributed by atoms with Crippen LogP contribution in [0.25, 0.3) is 0 Å². The van der Waals surface area contributed by atoms with Crippen LogP contribution < -0.4 is 5.32 Å². The SMILES string of the molecule is CNC(C)(CO)CC(C)N(CC1CC1)C1CC1. The minimum atomic E-state index is -0.129. The van der Waals surface area contributed by atoms with Crippen LogP contribution in [0, 0.1) is 5.92 Å². The van der Waals surface area contributed by atoms with Gasteiger partial charge in [0.15, 0.2) is 0 Å². The average molecular weight is 240 g/mol. The van der Waals surface area contributed by atoms with Crippen LogP contribution in [0.2, 0.25) is 0 Å². The number of hydrogen-bond donors (Lipinski definition) is 2. The topological polar surface area (TPSA) is 35.5 Å². The summed E-state index contributed by atoms with van der Waals surface area (Å²) in [6, 6.07) is 1.41. The Balaban J connectivity index is 1.88. The highest BCUT2D eigenvalue weighted by atomic mass is 16.3. The van der Waals surface area contributed by atoms with Crippen LogP contribution in [0.3, 0.4) is 0 Å². The number of aliphatic hydroxyl groups is 1. The van der Waals surface area contributed by atoms with Crippen molar-refractivity contribution in [3.8, 4) is 0 Å². The number of hydrogen-bond acceptors (Lipinski definition) is 3. The van der Waals surface area contributed by atoms with E-state index in [-0.39, 0.29) is 12.1 Å². The third-order valence-electron chi connectivity index (χ3n) is 4.45. The number of nitrogens with zero attached hydrogens (tertiary/aromatic N) is 1. The van der Waals surface area contributed by atoms with Crippen molar-refractivity contribution in [1.29, 1.82) is 0 Å². The molecule has 0 aromatic rings. The monoisotopic (exact) mass is 240 g/mol. The number of nitrogens with one attached hydrogen (secondary N) is 1. The van der Waals surface area contributed by atoms with Crippen LogP contribution in [0.15, 0.2) is 0 Å². The molecule has 0 heterocycles. The Labute approximate surface area is 106 Å². The molecule has 0 radical (unpaired) electrons. The molecule has 0 aliphatic heterocycles. The summed E-state index contributed by atoms with van der Waals surface area (Å²) in [7, 11) is 1.95. The Bertz CT molecular complexity index is 245. The molecule has 2 unspecified atom stereocenters. The average Bonchev–Trinajstić information content (AvgIpc) is 3.16. The Morgan fingerprint density at radius 3 is 2.41 bits per heavy atom. The lowest BCUT2D eigenvalue weighted by molar-refractivity contribution is 0.112. The van der Waals surface area contributed by atoms with Crippen molar-refractivity contribution in [3.05, 3.63) is 0 Å². The van der Waals surface area contributed by atoms with Crippen molar-refractivity contribution < 1.29 is 5.11 Å². The zero-order chi connectivity index (χ0) is 12.5. The van der Waals surface area contributed by atoms with Gasteiger partial charge in [-0.2, -0.15) is 0 Å². The third kappa shape index (κ3) is 3.67. The van der Waals surface area contributed by atoms with Crippen molar-refractivity contribution in [2.75, 3.05) is 20.2 Å². The van der Waals surface area contributed by atoms with Crippen molar-refractivity contribution in [2.24, 2.45) is 5.92 Å². The molecule has 3 nitrogen and oxygen atoms in total. The zero-order valence-corrected chi connectivity index (χ0v) is 11.6. The zero-order valence-electron chi connectivity index (χ0n) is 11.6. The van der Waals surface area contributed by atoms with Gasteiger partial charge in [-0.3, -0.25) is 4.90 Å². The molecule has 0 saturated heterocycles. The molecule has 2 fully saturated rings. The first-order valence-corrected chi connectivity index (χ1v) is 7.13. The quantitative estimate of drug-likeness (QED) is 0.676. The first-order chi connectivity index (χ1) is 8.08. The fourth-order valence-corrected chi connectivity index (χ4v) is 2.71. The molecule has 2 N–H and O–H groups in total. The molecule has 2 aliphatic carbocycles. The standard InChI is InChI=1S/C14H28N2O/c1-11(8-14(2,10-17)15-3)16(13-6-7-13)9-12-4-5-12/h11-13,15,17H,4-10H2,1-3H3. The molecule has 100 valence electrons. The van der Waals surface area contributed by atoms with Gasteiger partial charge >= 0.3 is 0 Å². The first kappa shape index (κ1) is 13.3. The van der Waals surface area contributed by atoms with Crippen LogP contribution in [0.1, 0.15) is 46.0 Å². The second kappa shape index (κ2) is 5.25. The van der Waals surface area contributed by atoms with E-state index >= 15 is 0 Å². The summed E-state index contributed by atoms with van der Waals surface area (Å²) in [6.45, 7) is 5.95. The van der Waals surface area contributed by atoms with Gasteiger partial charge in [-0.25, -0.2) is 0 Å². The predicted molar refractivity (Wildman–Crippen MR) is 71.1 cm³/mol. The molecule has 0 aromatic heterocycles. The van der Waals surface area contributed by atoms with E-state index in [2.05, 4.69) is 24.1 Å². The predicted octanol–water partition coefficient (Wildman–Crippen LogP) is 1.61. The van der Waals surface area contributed by atoms with Gasteiger partial charge in [0.1, 0.15) is 0 Å². The maximum Gasteiger partial charge on any atom is 0.0611 e. The van der Waals surface area contributed by atoms with Crippen LogP contribution >= 0.6 is 0 Å². The van der Waals surface area contributed by atoms with E-state index in [1.54, 1.807) is 0 Å². The highest BCUT2D eigenvalue weighted by Gasteiger charge is 2.38. The van der Waals surface area contributed by atoms with Crippen LogP contribution in [0.5, 0.6) is 0 Å². The molecular weight excluding hydrogens is 212 g/mol. The summed E-state index contributed by atoms with van der Waals surface area (Å²) < 4.78 is 0. The summed E-state index contributed by atoms with van der Waals surface area (Å²) in [6.07, 6.45) is 6.65. The van der Waals surface area contributed by atoms with Gasteiger partial charge in [0.25, 0.3) is 0 Å². The highest BCUT2D eigenvalue weighted by molar-refractivity contribution is 4.94. The van der Waals surface area contributed by atoms with Gasteiger partial charge in [-0.05, 0) is 58.9 Å². The van der Waals surface area contributed by atoms with Crippen LogP contribution in [0.4, 0.5) is 0 Å². The van der Waals surface area contributed by atoms with E-state index < -0.39 is 0 Å². The smallest absolute Gasteiger partial charge is 0.0611 e. The fraction of sp³-hybridized carbons (Fsp3) is 1.00. The largest absolute Gasteiger partial charge is 0.394 e.